The van der Waals surface area contributed by atoms with E-state index in [0.717, 1.165) is 18.4 Å². The maximum Gasteiger partial charge on any atom is 0.120 e. The molecule has 1 saturated carbocycles. The molecule has 3 unspecified atom stereocenters. The Kier molecular flexibility index (Phi) is 4.87. The molecule has 0 radical (unpaired) electrons. The minimum absolute atomic E-state index is 0.285. The molecule has 3 nitrogen and oxygen atoms in total. The van der Waals surface area contributed by atoms with Gasteiger partial charge in [0.25, 0.3) is 0 Å². The number of hydrogen-bond acceptors (Lipinski definition) is 3. The van der Waals surface area contributed by atoms with E-state index < -0.39 is 6.10 Å². The Bertz CT molecular complexity index is 386. The summed E-state index contributed by atoms with van der Waals surface area (Å²) in [6, 6.07) is 7.20. The van der Waals surface area contributed by atoms with Gasteiger partial charge in [-0.05, 0) is 43.0 Å². The zero-order valence-corrected chi connectivity index (χ0v) is 11.4. The number of nitrogens with one attached hydrogen (secondary N) is 1. The fraction of sp³-hybridized carbons (Fsp3) is 0.571. The molecule has 1 aromatic rings. The molecule has 0 saturated heterocycles. The zero-order chi connectivity index (χ0) is 13.0. The van der Waals surface area contributed by atoms with Gasteiger partial charge in [-0.25, -0.2) is 0 Å². The first kappa shape index (κ1) is 13.7. The maximum atomic E-state index is 9.76. The van der Waals surface area contributed by atoms with Crippen molar-refractivity contribution in [3.8, 4) is 5.75 Å². The average molecular weight is 270 g/mol. The molecule has 3 atom stereocenters. The predicted octanol–water partition coefficient (Wildman–Crippen LogP) is 2.33. The number of rotatable bonds is 7. The van der Waals surface area contributed by atoms with Crippen molar-refractivity contribution >= 4 is 11.6 Å². The molecule has 0 aromatic heterocycles. The summed E-state index contributed by atoms with van der Waals surface area (Å²) in [6.07, 6.45) is 0.820. The molecule has 1 fully saturated rings. The van der Waals surface area contributed by atoms with Gasteiger partial charge in [-0.15, -0.1) is 0 Å². The van der Waals surface area contributed by atoms with E-state index >= 15 is 0 Å². The van der Waals surface area contributed by atoms with Crippen molar-refractivity contribution < 1.29 is 9.84 Å². The molecule has 0 amide bonds. The van der Waals surface area contributed by atoms with E-state index in [1.54, 1.807) is 12.1 Å². The highest BCUT2D eigenvalue weighted by molar-refractivity contribution is 6.30. The summed E-state index contributed by atoms with van der Waals surface area (Å²) >= 11 is 5.84. The second-order valence-electron chi connectivity index (χ2n) is 5.05. The second-order valence-corrected chi connectivity index (χ2v) is 5.49. The molecule has 2 rings (SSSR count). The Morgan fingerprint density at radius 1 is 1.56 bits per heavy atom. The molecule has 18 heavy (non-hydrogen) atoms. The third kappa shape index (κ3) is 4.48. The molecule has 2 N–H and O–H groups in total. The normalized spacial score (nSPS) is 23.7. The van der Waals surface area contributed by atoms with Gasteiger partial charge in [0.15, 0.2) is 0 Å². The van der Waals surface area contributed by atoms with Crippen molar-refractivity contribution in [3.05, 3.63) is 29.3 Å². The Morgan fingerprint density at radius 2 is 2.33 bits per heavy atom. The molecule has 1 aliphatic rings. The highest BCUT2D eigenvalue weighted by Gasteiger charge is 2.31. The monoisotopic (exact) mass is 269 g/mol. The van der Waals surface area contributed by atoms with Crippen molar-refractivity contribution in [1.29, 1.82) is 0 Å². The van der Waals surface area contributed by atoms with Gasteiger partial charge >= 0.3 is 0 Å². The van der Waals surface area contributed by atoms with E-state index in [0.29, 0.717) is 17.3 Å². The largest absolute Gasteiger partial charge is 0.491 e. The van der Waals surface area contributed by atoms with Gasteiger partial charge < -0.3 is 15.2 Å². The van der Waals surface area contributed by atoms with Crippen LogP contribution in [-0.4, -0.2) is 30.9 Å². The zero-order valence-electron chi connectivity index (χ0n) is 10.6. The van der Waals surface area contributed by atoms with E-state index in [4.69, 9.17) is 16.3 Å². The SMILES string of the molecule is CC1CC1CNCC(O)COc1cccc(Cl)c1. The van der Waals surface area contributed by atoms with E-state index in [2.05, 4.69) is 12.2 Å². The second kappa shape index (κ2) is 6.41. The first-order valence-corrected chi connectivity index (χ1v) is 6.80. The van der Waals surface area contributed by atoms with Crippen LogP contribution in [0.2, 0.25) is 5.02 Å². The Balaban J connectivity index is 1.60. The fourth-order valence-corrected chi connectivity index (χ4v) is 2.11. The van der Waals surface area contributed by atoms with Gasteiger partial charge in [-0.3, -0.25) is 0 Å². The number of ether oxygens (including phenoxy) is 1. The average Bonchev–Trinajstić information content (AvgIpc) is 3.03. The van der Waals surface area contributed by atoms with Crippen molar-refractivity contribution in [2.24, 2.45) is 11.8 Å². The van der Waals surface area contributed by atoms with Crippen LogP contribution in [0.5, 0.6) is 5.75 Å². The molecule has 1 aromatic carbocycles. The van der Waals surface area contributed by atoms with E-state index in [9.17, 15) is 5.11 Å². The van der Waals surface area contributed by atoms with Crippen LogP contribution in [0.25, 0.3) is 0 Å². The molecule has 0 heterocycles. The van der Waals surface area contributed by atoms with Gasteiger partial charge in [0, 0.05) is 11.6 Å². The summed E-state index contributed by atoms with van der Waals surface area (Å²) in [5, 5.41) is 13.7. The van der Waals surface area contributed by atoms with Gasteiger partial charge in [0.1, 0.15) is 18.5 Å². The minimum Gasteiger partial charge on any atom is -0.491 e. The lowest BCUT2D eigenvalue weighted by atomic mass is 10.3. The van der Waals surface area contributed by atoms with Crippen LogP contribution in [0.3, 0.4) is 0 Å². The standard InChI is InChI=1S/C14H20ClNO2/c1-10-5-11(10)7-16-8-13(17)9-18-14-4-2-3-12(15)6-14/h2-4,6,10-11,13,16-17H,5,7-9H2,1H3. The van der Waals surface area contributed by atoms with Crippen LogP contribution < -0.4 is 10.1 Å². The summed E-state index contributed by atoms with van der Waals surface area (Å²) < 4.78 is 5.47. The van der Waals surface area contributed by atoms with Crippen molar-refractivity contribution in [2.75, 3.05) is 19.7 Å². The number of aliphatic hydroxyl groups excluding tert-OH is 1. The van der Waals surface area contributed by atoms with E-state index in [-0.39, 0.29) is 6.61 Å². The van der Waals surface area contributed by atoms with Gasteiger partial charge in [0.2, 0.25) is 0 Å². The van der Waals surface area contributed by atoms with Crippen LogP contribution in [0.15, 0.2) is 24.3 Å². The Labute approximate surface area is 113 Å². The lowest BCUT2D eigenvalue weighted by Gasteiger charge is -2.13. The smallest absolute Gasteiger partial charge is 0.120 e. The van der Waals surface area contributed by atoms with Crippen molar-refractivity contribution in [3.63, 3.8) is 0 Å². The third-order valence-electron chi connectivity index (χ3n) is 3.30. The first-order chi connectivity index (χ1) is 8.65. The summed E-state index contributed by atoms with van der Waals surface area (Å²) in [6.45, 7) is 4.11. The fourth-order valence-electron chi connectivity index (χ4n) is 1.93. The summed E-state index contributed by atoms with van der Waals surface area (Å²) in [5.74, 6) is 2.33. The molecular weight excluding hydrogens is 250 g/mol. The van der Waals surface area contributed by atoms with Gasteiger partial charge in [-0.2, -0.15) is 0 Å². The first-order valence-electron chi connectivity index (χ1n) is 6.42. The Morgan fingerprint density at radius 3 is 3.00 bits per heavy atom. The topological polar surface area (TPSA) is 41.5 Å². The molecule has 1 aliphatic carbocycles. The van der Waals surface area contributed by atoms with Crippen LogP contribution >= 0.6 is 11.6 Å². The number of hydrogen-bond donors (Lipinski definition) is 2. The third-order valence-corrected chi connectivity index (χ3v) is 3.54. The number of benzene rings is 1. The lowest BCUT2D eigenvalue weighted by molar-refractivity contribution is 0.106. The number of aliphatic hydroxyl groups is 1. The van der Waals surface area contributed by atoms with Crippen molar-refractivity contribution in [2.45, 2.75) is 19.4 Å². The quantitative estimate of drug-likeness (QED) is 0.798. The molecule has 0 spiro atoms. The molecule has 0 aliphatic heterocycles. The van der Waals surface area contributed by atoms with Crippen LogP contribution in [-0.2, 0) is 0 Å². The van der Waals surface area contributed by atoms with Crippen LogP contribution in [0.1, 0.15) is 13.3 Å². The predicted molar refractivity (Wildman–Crippen MR) is 73.1 cm³/mol. The van der Waals surface area contributed by atoms with Crippen LogP contribution in [0.4, 0.5) is 0 Å². The van der Waals surface area contributed by atoms with Gasteiger partial charge in [0.05, 0.1) is 0 Å². The highest BCUT2D eigenvalue weighted by Crippen LogP contribution is 2.36. The lowest BCUT2D eigenvalue weighted by Crippen LogP contribution is -2.32. The molecule has 4 heteroatoms. The van der Waals surface area contributed by atoms with Crippen LogP contribution in [0, 0.1) is 11.8 Å². The van der Waals surface area contributed by atoms with E-state index in [1.165, 1.54) is 6.42 Å². The summed E-state index contributed by atoms with van der Waals surface area (Å²) in [5.41, 5.74) is 0. The van der Waals surface area contributed by atoms with E-state index in [1.807, 2.05) is 12.1 Å². The molecule has 100 valence electrons. The summed E-state index contributed by atoms with van der Waals surface area (Å²) in [4.78, 5) is 0. The molecule has 0 bridgehead atoms. The van der Waals surface area contributed by atoms with Gasteiger partial charge in [-0.1, -0.05) is 24.6 Å². The minimum atomic E-state index is -0.488. The maximum absolute atomic E-state index is 9.76. The highest BCUT2D eigenvalue weighted by atomic mass is 35.5. The van der Waals surface area contributed by atoms with Crippen molar-refractivity contribution in [1.82, 2.24) is 5.32 Å². The summed E-state index contributed by atoms with van der Waals surface area (Å²) in [7, 11) is 0. The number of halogens is 1. The Hall–Kier alpha value is -0.770. The molecular formula is C14H20ClNO2.